The minimum Gasteiger partial charge on any atom is -0.299 e. The lowest BCUT2D eigenvalue weighted by Crippen LogP contribution is -2.22. The number of rotatable bonds is 1. The first-order chi connectivity index (χ1) is 4.74. The van der Waals surface area contributed by atoms with Gasteiger partial charge in [-0.2, -0.15) is 0 Å². The first-order valence-electron chi connectivity index (χ1n) is 4.26. The van der Waals surface area contributed by atoms with E-state index in [-0.39, 0.29) is 0 Å². The molecule has 1 heteroatoms. The van der Waals surface area contributed by atoms with Crippen LogP contribution in [0, 0.1) is 11.8 Å². The van der Waals surface area contributed by atoms with E-state index in [1.165, 1.54) is 0 Å². The molecule has 0 radical (unpaired) electrons. The molecular formula is C9H16O. The molecule has 58 valence electrons. The van der Waals surface area contributed by atoms with Crippen molar-refractivity contribution < 1.29 is 4.79 Å². The van der Waals surface area contributed by atoms with Gasteiger partial charge in [0.25, 0.3) is 0 Å². The first kappa shape index (κ1) is 7.77. The highest BCUT2D eigenvalue weighted by atomic mass is 16.1. The molecule has 1 fully saturated rings. The Morgan fingerprint density at radius 2 is 2.30 bits per heavy atom. The second-order valence-corrected chi connectivity index (χ2v) is 3.45. The monoisotopic (exact) mass is 140 g/mol. The topological polar surface area (TPSA) is 17.1 Å². The van der Waals surface area contributed by atoms with Crippen LogP contribution in [-0.2, 0) is 4.79 Å². The molecule has 1 nitrogen and oxygen atoms in total. The van der Waals surface area contributed by atoms with Crippen molar-refractivity contribution in [1.82, 2.24) is 0 Å². The molecule has 2 unspecified atom stereocenters. The average Bonchev–Trinajstić information content (AvgIpc) is 1.94. The Hall–Kier alpha value is -0.330. The Bertz CT molecular complexity index is 129. The second kappa shape index (κ2) is 3.18. The maximum atomic E-state index is 11.2. The van der Waals surface area contributed by atoms with Crippen molar-refractivity contribution in [3.8, 4) is 0 Å². The Labute approximate surface area is 62.8 Å². The highest BCUT2D eigenvalue weighted by molar-refractivity contribution is 5.81. The lowest BCUT2D eigenvalue weighted by atomic mass is 9.80. The lowest BCUT2D eigenvalue weighted by molar-refractivity contribution is -0.125. The third kappa shape index (κ3) is 1.59. The Morgan fingerprint density at radius 1 is 1.60 bits per heavy atom. The molecule has 0 spiro atoms. The van der Waals surface area contributed by atoms with Crippen LogP contribution in [0.3, 0.4) is 0 Å². The maximum Gasteiger partial charge on any atom is 0.135 e. The van der Waals surface area contributed by atoms with Gasteiger partial charge in [-0.25, -0.2) is 0 Å². The molecule has 0 amide bonds. The van der Waals surface area contributed by atoms with Gasteiger partial charge in [-0.3, -0.25) is 4.79 Å². The Balaban J connectivity index is 2.45. The van der Waals surface area contributed by atoms with Crippen LogP contribution >= 0.6 is 0 Å². The molecule has 0 aromatic heterocycles. The number of Topliss-reactive ketones (excluding diaryl/α,β-unsaturated/α-hetero) is 1. The van der Waals surface area contributed by atoms with E-state index in [1.54, 1.807) is 0 Å². The number of ketones is 1. The van der Waals surface area contributed by atoms with Gasteiger partial charge < -0.3 is 0 Å². The summed E-state index contributed by atoms with van der Waals surface area (Å²) in [6.07, 6.45) is 4.13. The van der Waals surface area contributed by atoms with E-state index in [9.17, 15) is 4.79 Å². The quantitative estimate of drug-likeness (QED) is 0.546. The minimum atomic E-state index is 0.392. The van der Waals surface area contributed by atoms with Gasteiger partial charge in [0.2, 0.25) is 0 Å². The van der Waals surface area contributed by atoms with Crippen molar-refractivity contribution in [3.05, 3.63) is 0 Å². The summed E-state index contributed by atoms with van der Waals surface area (Å²) in [6, 6.07) is 0. The van der Waals surface area contributed by atoms with E-state index < -0.39 is 0 Å². The number of hydrogen-bond acceptors (Lipinski definition) is 1. The van der Waals surface area contributed by atoms with Gasteiger partial charge in [0.15, 0.2) is 0 Å². The molecule has 0 saturated heterocycles. The van der Waals surface area contributed by atoms with E-state index in [0.29, 0.717) is 11.7 Å². The van der Waals surface area contributed by atoms with E-state index in [0.717, 1.165) is 31.6 Å². The van der Waals surface area contributed by atoms with Gasteiger partial charge in [-0.15, -0.1) is 0 Å². The van der Waals surface area contributed by atoms with Crippen LogP contribution in [0.4, 0.5) is 0 Å². The van der Waals surface area contributed by atoms with Crippen LogP contribution in [0.1, 0.15) is 39.5 Å². The predicted octanol–water partition coefficient (Wildman–Crippen LogP) is 2.40. The standard InChI is InChI=1S/C9H16O/c1-3-8-6-7(2)4-5-9(8)10/h7-8H,3-6H2,1-2H3. The zero-order chi connectivity index (χ0) is 7.56. The molecule has 1 rings (SSSR count). The number of hydrogen-bond donors (Lipinski definition) is 0. The Kier molecular flexibility index (Phi) is 2.47. The van der Waals surface area contributed by atoms with Crippen LogP contribution in [0.2, 0.25) is 0 Å². The molecule has 0 N–H and O–H groups in total. The van der Waals surface area contributed by atoms with Crippen LogP contribution < -0.4 is 0 Å². The molecule has 10 heavy (non-hydrogen) atoms. The molecule has 0 aliphatic heterocycles. The second-order valence-electron chi connectivity index (χ2n) is 3.45. The summed E-state index contributed by atoms with van der Waals surface area (Å²) < 4.78 is 0. The molecular weight excluding hydrogens is 124 g/mol. The molecule has 1 aliphatic rings. The van der Waals surface area contributed by atoms with E-state index in [2.05, 4.69) is 13.8 Å². The highest BCUT2D eigenvalue weighted by Crippen LogP contribution is 2.27. The van der Waals surface area contributed by atoms with Crippen LogP contribution in [-0.4, -0.2) is 5.78 Å². The number of carbonyl (C=O) groups is 1. The fourth-order valence-corrected chi connectivity index (χ4v) is 1.72. The highest BCUT2D eigenvalue weighted by Gasteiger charge is 2.24. The normalized spacial score (nSPS) is 34.4. The van der Waals surface area contributed by atoms with Gasteiger partial charge >= 0.3 is 0 Å². The van der Waals surface area contributed by atoms with Gasteiger partial charge in [0.1, 0.15) is 5.78 Å². The summed E-state index contributed by atoms with van der Waals surface area (Å²) in [6.45, 7) is 4.36. The fraction of sp³-hybridized carbons (Fsp3) is 0.889. The first-order valence-corrected chi connectivity index (χ1v) is 4.26. The molecule has 1 aliphatic carbocycles. The molecule has 0 aromatic rings. The zero-order valence-corrected chi connectivity index (χ0v) is 6.89. The summed E-state index contributed by atoms with van der Waals surface area (Å²) in [4.78, 5) is 11.2. The van der Waals surface area contributed by atoms with Crippen LogP contribution in [0.25, 0.3) is 0 Å². The third-order valence-corrected chi connectivity index (χ3v) is 2.52. The van der Waals surface area contributed by atoms with Crippen LogP contribution in [0.15, 0.2) is 0 Å². The van der Waals surface area contributed by atoms with Crippen molar-refractivity contribution >= 4 is 5.78 Å². The third-order valence-electron chi connectivity index (χ3n) is 2.52. The van der Waals surface area contributed by atoms with Gasteiger partial charge in [-0.05, 0) is 25.2 Å². The minimum absolute atomic E-state index is 0.392. The smallest absolute Gasteiger partial charge is 0.135 e. The summed E-state index contributed by atoms with van der Waals surface area (Å²) in [5.41, 5.74) is 0. The average molecular weight is 140 g/mol. The van der Waals surface area contributed by atoms with Crippen molar-refractivity contribution in [3.63, 3.8) is 0 Å². The summed E-state index contributed by atoms with van der Waals surface area (Å²) in [7, 11) is 0. The fourth-order valence-electron chi connectivity index (χ4n) is 1.72. The predicted molar refractivity (Wildman–Crippen MR) is 41.8 cm³/mol. The molecule has 0 aromatic carbocycles. The van der Waals surface area contributed by atoms with Crippen molar-refractivity contribution in [1.29, 1.82) is 0 Å². The zero-order valence-electron chi connectivity index (χ0n) is 6.89. The molecule has 2 atom stereocenters. The maximum absolute atomic E-state index is 11.2. The molecule has 0 heterocycles. The summed E-state index contributed by atoms with van der Waals surface area (Å²) in [5, 5.41) is 0. The summed E-state index contributed by atoms with van der Waals surface area (Å²) in [5.74, 6) is 1.67. The van der Waals surface area contributed by atoms with Gasteiger partial charge in [0, 0.05) is 12.3 Å². The van der Waals surface area contributed by atoms with Crippen molar-refractivity contribution in [2.75, 3.05) is 0 Å². The van der Waals surface area contributed by atoms with Gasteiger partial charge in [0.05, 0.1) is 0 Å². The van der Waals surface area contributed by atoms with E-state index in [1.807, 2.05) is 0 Å². The largest absolute Gasteiger partial charge is 0.299 e. The molecule has 1 saturated carbocycles. The Morgan fingerprint density at radius 3 is 2.80 bits per heavy atom. The van der Waals surface area contributed by atoms with Crippen LogP contribution in [0.5, 0.6) is 0 Å². The van der Waals surface area contributed by atoms with Crippen molar-refractivity contribution in [2.24, 2.45) is 11.8 Å². The molecule has 0 bridgehead atoms. The number of carbonyl (C=O) groups excluding carboxylic acids is 1. The SMILES string of the molecule is CCC1CC(C)CCC1=O. The summed E-state index contributed by atoms with van der Waals surface area (Å²) >= 11 is 0. The van der Waals surface area contributed by atoms with E-state index >= 15 is 0 Å². The van der Waals surface area contributed by atoms with E-state index in [4.69, 9.17) is 0 Å². The van der Waals surface area contributed by atoms with Crippen molar-refractivity contribution in [2.45, 2.75) is 39.5 Å². The lowest BCUT2D eigenvalue weighted by Gasteiger charge is -2.24. The van der Waals surface area contributed by atoms with Gasteiger partial charge in [-0.1, -0.05) is 13.8 Å².